The Morgan fingerprint density at radius 3 is 2.67 bits per heavy atom. The molecule has 0 N–H and O–H groups in total. The van der Waals surface area contributed by atoms with Gasteiger partial charge < -0.3 is 4.90 Å². The molecule has 1 aromatic heterocycles. The van der Waals surface area contributed by atoms with Crippen LogP contribution in [0.2, 0.25) is 0 Å². The first-order chi connectivity index (χ1) is 7.13. The van der Waals surface area contributed by atoms with Crippen molar-refractivity contribution in [3.63, 3.8) is 0 Å². The third-order valence-corrected chi connectivity index (χ3v) is 3.90. The SMILES string of the molecule is CC(C)N(C)c1nc(C2CC2)c(C=O)s1. The van der Waals surface area contributed by atoms with Gasteiger partial charge in [0.2, 0.25) is 0 Å². The first-order valence-corrected chi connectivity index (χ1v) is 6.14. The van der Waals surface area contributed by atoms with Gasteiger partial charge in [0.25, 0.3) is 0 Å². The summed E-state index contributed by atoms with van der Waals surface area (Å²) < 4.78 is 0. The van der Waals surface area contributed by atoms with Crippen molar-refractivity contribution >= 4 is 22.8 Å². The summed E-state index contributed by atoms with van der Waals surface area (Å²) in [5.74, 6) is 0.552. The number of carbonyl (C=O) groups is 1. The zero-order valence-electron chi connectivity index (χ0n) is 9.36. The van der Waals surface area contributed by atoms with E-state index in [2.05, 4.69) is 23.7 Å². The van der Waals surface area contributed by atoms with Crippen molar-refractivity contribution in [3.05, 3.63) is 10.6 Å². The normalized spacial score (nSPS) is 15.7. The summed E-state index contributed by atoms with van der Waals surface area (Å²) in [7, 11) is 2.02. The molecule has 1 saturated carbocycles. The first-order valence-electron chi connectivity index (χ1n) is 5.32. The highest BCUT2D eigenvalue weighted by Gasteiger charge is 2.30. The second kappa shape index (κ2) is 3.93. The minimum Gasteiger partial charge on any atom is -0.349 e. The van der Waals surface area contributed by atoms with Gasteiger partial charge in [-0.15, -0.1) is 0 Å². The Morgan fingerprint density at radius 2 is 2.20 bits per heavy atom. The van der Waals surface area contributed by atoms with E-state index in [9.17, 15) is 4.79 Å². The van der Waals surface area contributed by atoms with E-state index < -0.39 is 0 Å². The molecular weight excluding hydrogens is 208 g/mol. The molecular formula is C11H16N2OS. The van der Waals surface area contributed by atoms with Crippen LogP contribution >= 0.6 is 11.3 Å². The van der Waals surface area contributed by atoms with Crippen LogP contribution in [0.15, 0.2) is 0 Å². The van der Waals surface area contributed by atoms with Gasteiger partial charge in [-0.3, -0.25) is 4.79 Å². The standard InChI is InChI=1S/C11H16N2OS/c1-7(2)13(3)11-12-10(8-4-5-8)9(6-14)15-11/h6-8H,4-5H2,1-3H3. The number of hydrogen-bond donors (Lipinski definition) is 0. The third-order valence-electron chi connectivity index (χ3n) is 2.82. The Bertz CT molecular complexity index is 369. The molecule has 15 heavy (non-hydrogen) atoms. The average Bonchev–Trinajstić information content (AvgIpc) is 2.96. The summed E-state index contributed by atoms with van der Waals surface area (Å²) in [4.78, 5) is 18.4. The molecule has 1 aliphatic carbocycles. The molecule has 0 saturated heterocycles. The Morgan fingerprint density at radius 1 is 1.53 bits per heavy atom. The molecule has 4 heteroatoms. The predicted molar refractivity (Wildman–Crippen MR) is 63.0 cm³/mol. The summed E-state index contributed by atoms with van der Waals surface area (Å²) in [6.07, 6.45) is 3.33. The Labute approximate surface area is 94.1 Å². The maximum absolute atomic E-state index is 10.9. The number of aldehydes is 1. The fourth-order valence-electron chi connectivity index (χ4n) is 1.44. The number of nitrogens with zero attached hydrogens (tertiary/aromatic N) is 2. The second-order valence-electron chi connectivity index (χ2n) is 4.34. The average molecular weight is 224 g/mol. The molecule has 0 bridgehead atoms. The van der Waals surface area contributed by atoms with E-state index in [1.807, 2.05) is 7.05 Å². The number of anilines is 1. The highest BCUT2D eigenvalue weighted by molar-refractivity contribution is 7.17. The van der Waals surface area contributed by atoms with E-state index >= 15 is 0 Å². The molecule has 3 nitrogen and oxygen atoms in total. The molecule has 1 fully saturated rings. The molecule has 0 aliphatic heterocycles. The van der Waals surface area contributed by atoms with Crippen molar-refractivity contribution < 1.29 is 4.79 Å². The molecule has 1 aromatic rings. The molecule has 1 heterocycles. The van der Waals surface area contributed by atoms with Gasteiger partial charge in [0.05, 0.1) is 10.6 Å². The van der Waals surface area contributed by atoms with Crippen LogP contribution in [0.3, 0.4) is 0 Å². The van der Waals surface area contributed by atoms with E-state index in [1.165, 1.54) is 24.2 Å². The Balaban J connectivity index is 2.29. The summed E-state index contributed by atoms with van der Waals surface area (Å²) >= 11 is 1.51. The van der Waals surface area contributed by atoms with Gasteiger partial charge in [0.15, 0.2) is 11.4 Å². The van der Waals surface area contributed by atoms with Crippen molar-refractivity contribution in [2.24, 2.45) is 0 Å². The maximum atomic E-state index is 10.9. The van der Waals surface area contributed by atoms with Crippen molar-refractivity contribution in [1.29, 1.82) is 0 Å². The van der Waals surface area contributed by atoms with Gasteiger partial charge in [-0.05, 0) is 26.7 Å². The lowest BCUT2D eigenvalue weighted by Gasteiger charge is -2.19. The Kier molecular flexibility index (Phi) is 2.78. The number of hydrogen-bond acceptors (Lipinski definition) is 4. The van der Waals surface area contributed by atoms with Crippen LogP contribution in [-0.2, 0) is 0 Å². The van der Waals surface area contributed by atoms with Gasteiger partial charge >= 0.3 is 0 Å². The highest BCUT2D eigenvalue weighted by Crippen LogP contribution is 2.43. The van der Waals surface area contributed by atoms with Gasteiger partial charge in [-0.2, -0.15) is 0 Å². The van der Waals surface area contributed by atoms with Crippen LogP contribution in [0, 0.1) is 0 Å². The quantitative estimate of drug-likeness (QED) is 0.737. The Hall–Kier alpha value is -0.900. The molecule has 0 amide bonds. The lowest BCUT2D eigenvalue weighted by molar-refractivity contribution is 0.112. The molecule has 2 rings (SSSR count). The van der Waals surface area contributed by atoms with E-state index in [0.717, 1.165) is 22.0 Å². The number of thiazole rings is 1. The summed E-state index contributed by atoms with van der Waals surface area (Å²) in [6, 6.07) is 0.419. The highest BCUT2D eigenvalue weighted by atomic mass is 32.1. The summed E-state index contributed by atoms with van der Waals surface area (Å²) in [6.45, 7) is 4.25. The zero-order chi connectivity index (χ0) is 11.0. The van der Waals surface area contributed by atoms with Crippen LogP contribution in [-0.4, -0.2) is 24.4 Å². The zero-order valence-corrected chi connectivity index (χ0v) is 10.2. The summed E-state index contributed by atoms with van der Waals surface area (Å²) in [5.41, 5.74) is 1.03. The molecule has 1 aliphatic rings. The van der Waals surface area contributed by atoms with Gasteiger partial charge in [0.1, 0.15) is 0 Å². The molecule has 0 atom stereocenters. The fraction of sp³-hybridized carbons (Fsp3) is 0.636. The van der Waals surface area contributed by atoms with Crippen molar-refractivity contribution in [2.45, 2.75) is 38.6 Å². The number of aromatic nitrogens is 1. The van der Waals surface area contributed by atoms with Crippen LogP contribution in [0.25, 0.3) is 0 Å². The van der Waals surface area contributed by atoms with E-state index in [1.54, 1.807) is 0 Å². The molecule has 0 aromatic carbocycles. The largest absolute Gasteiger partial charge is 0.349 e. The van der Waals surface area contributed by atoms with Crippen molar-refractivity contribution in [2.75, 3.05) is 11.9 Å². The molecule has 0 spiro atoms. The fourth-order valence-corrected chi connectivity index (χ4v) is 2.50. The van der Waals surface area contributed by atoms with Crippen LogP contribution in [0.5, 0.6) is 0 Å². The van der Waals surface area contributed by atoms with Gasteiger partial charge in [0, 0.05) is 19.0 Å². The lowest BCUT2D eigenvalue weighted by Crippen LogP contribution is -2.25. The molecule has 82 valence electrons. The van der Waals surface area contributed by atoms with Crippen LogP contribution in [0.4, 0.5) is 5.13 Å². The maximum Gasteiger partial charge on any atom is 0.186 e. The minimum absolute atomic E-state index is 0.419. The number of carbonyl (C=O) groups excluding carboxylic acids is 1. The molecule has 0 unspecified atom stereocenters. The number of rotatable bonds is 4. The summed E-state index contributed by atoms with van der Waals surface area (Å²) in [5, 5.41) is 0.967. The second-order valence-corrected chi connectivity index (χ2v) is 5.35. The monoisotopic (exact) mass is 224 g/mol. The van der Waals surface area contributed by atoms with E-state index in [4.69, 9.17) is 0 Å². The van der Waals surface area contributed by atoms with Crippen LogP contribution < -0.4 is 4.90 Å². The topological polar surface area (TPSA) is 33.2 Å². The van der Waals surface area contributed by atoms with E-state index in [0.29, 0.717) is 12.0 Å². The smallest absolute Gasteiger partial charge is 0.186 e. The first kappa shape index (κ1) is 10.6. The van der Waals surface area contributed by atoms with Crippen molar-refractivity contribution in [1.82, 2.24) is 4.98 Å². The van der Waals surface area contributed by atoms with Crippen molar-refractivity contribution in [3.8, 4) is 0 Å². The molecule has 0 radical (unpaired) electrons. The van der Waals surface area contributed by atoms with Gasteiger partial charge in [-0.1, -0.05) is 11.3 Å². The van der Waals surface area contributed by atoms with Gasteiger partial charge in [-0.25, -0.2) is 4.98 Å². The van der Waals surface area contributed by atoms with E-state index in [-0.39, 0.29) is 0 Å². The third kappa shape index (κ3) is 2.04. The minimum atomic E-state index is 0.419. The lowest BCUT2D eigenvalue weighted by atomic mass is 10.3. The predicted octanol–water partition coefficient (Wildman–Crippen LogP) is 2.68. The van der Waals surface area contributed by atoms with Crippen LogP contribution in [0.1, 0.15) is 48.0 Å².